The third kappa shape index (κ3) is 2.27. The van der Waals surface area contributed by atoms with Crippen LogP contribution in [-0.2, 0) is 0 Å². The third-order valence-corrected chi connectivity index (χ3v) is 2.88. The molecule has 78 valence electrons. The minimum atomic E-state index is 0.490. The fourth-order valence-electron chi connectivity index (χ4n) is 2.06. The van der Waals surface area contributed by atoms with Gasteiger partial charge in [-0.3, -0.25) is 0 Å². The van der Waals surface area contributed by atoms with Crippen LogP contribution >= 0.6 is 0 Å². The Hall–Kier alpha value is -1.56. The molecule has 1 aromatic rings. The molecule has 0 amide bonds. The lowest BCUT2D eigenvalue weighted by atomic mass is 10.00. The van der Waals surface area contributed by atoms with Crippen LogP contribution in [0.2, 0.25) is 0 Å². The first-order chi connectivity index (χ1) is 7.29. The lowest BCUT2D eigenvalue weighted by Gasteiger charge is -2.32. The highest BCUT2D eigenvalue weighted by Gasteiger charge is 2.16. The van der Waals surface area contributed by atoms with Gasteiger partial charge in [0.25, 0.3) is 0 Å². The Labute approximate surface area is 90.4 Å². The van der Waals surface area contributed by atoms with Gasteiger partial charge in [-0.25, -0.2) is 4.98 Å². The van der Waals surface area contributed by atoms with Gasteiger partial charge >= 0.3 is 0 Å². The molecule has 1 unspecified atom stereocenters. The summed E-state index contributed by atoms with van der Waals surface area (Å²) >= 11 is 0. The van der Waals surface area contributed by atoms with E-state index in [9.17, 15) is 0 Å². The van der Waals surface area contributed by atoms with E-state index < -0.39 is 0 Å². The van der Waals surface area contributed by atoms with Gasteiger partial charge in [0.15, 0.2) is 0 Å². The molecule has 1 saturated heterocycles. The van der Waals surface area contributed by atoms with E-state index in [0.29, 0.717) is 5.69 Å². The summed E-state index contributed by atoms with van der Waals surface area (Å²) < 4.78 is 0. The number of nitrogens with zero attached hydrogens (tertiary/aromatic N) is 3. The summed E-state index contributed by atoms with van der Waals surface area (Å²) in [7, 11) is 0. The first kappa shape index (κ1) is 9.97. The average Bonchev–Trinajstić information content (AvgIpc) is 2.29. The zero-order valence-corrected chi connectivity index (χ0v) is 8.98. The number of hydrogen-bond acceptors (Lipinski definition) is 3. The van der Waals surface area contributed by atoms with Crippen LogP contribution in [0.5, 0.6) is 0 Å². The zero-order valence-electron chi connectivity index (χ0n) is 8.98. The van der Waals surface area contributed by atoms with Crippen LogP contribution in [0.1, 0.15) is 25.5 Å². The summed E-state index contributed by atoms with van der Waals surface area (Å²) in [5.74, 6) is 0.759. The van der Waals surface area contributed by atoms with Gasteiger partial charge in [-0.2, -0.15) is 5.26 Å². The number of nitriles is 1. The molecule has 0 aliphatic carbocycles. The zero-order chi connectivity index (χ0) is 10.7. The summed E-state index contributed by atoms with van der Waals surface area (Å²) in [6.45, 7) is 4.49. The molecule has 1 aliphatic heterocycles. The molecule has 0 bridgehead atoms. The second kappa shape index (κ2) is 4.31. The fraction of sp³-hybridized carbons (Fsp3) is 0.500. The Morgan fingerprint density at radius 1 is 1.53 bits per heavy atom. The summed E-state index contributed by atoms with van der Waals surface area (Å²) in [6.07, 6.45) is 4.37. The van der Waals surface area contributed by atoms with Gasteiger partial charge in [-0.15, -0.1) is 0 Å². The number of rotatable bonds is 1. The number of aromatic nitrogens is 1. The van der Waals surface area contributed by atoms with E-state index in [1.165, 1.54) is 12.8 Å². The lowest BCUT2D eigenvalue weighted by molar-refractivity contribution is 0.446. The van der Waals surface area contributed by atoms with Crippen LogP contribution in [0.3, 0.4) is 0 Å². The standard InChI is InChI=1S/C12H15N3/c1-10-3-2-6-15(9-10)12-5-4-11(7-13)14-8-12/h4-5,8,10H,2-3,6,9H2,1H3. The van der Waals surface area contributed by atoms with Gasteiger partial charge in [0, 0.05) is 13.1 Å². The monoisotopic (exact) mass is 201 g/mol. The van der Waals surface area contributed by atoms with E-state index in [-0.39, 0.29) is 0 Å². The van der Waals surface area contributed by atoms with E-state index in [0.717, 1.165) is 24.7 Å². The predicted octanol–water partition coefficient (Wildman–Crippen LogP) is 2.19. The van der Waals surface area contributed by atoms with Crippen molar-refractivity contribution in [2.45, 2.75) is 19.8 Å². The van der Waals surface area contributed by atoms with Crippen molar-refractivity contribution in [3.63, 3.8) is 0 Å². The molecule has 3 heteroatoms. The Kier molecular flexibility index (Phi) is 2.86. The van der Waals surface area contributed by atoms with Crippen LogP contribution < -0.4 is 4.90 Å². The minimum Gasteiger partial charge on any atom is -0.370 e. The highest BCUT2D eigenvalue weighted by Crippen LogP contribution is 2.21. The molecule has 15 heavy (non-hydrogen) atoms. The van der Waals surface area contributed by atoms with E-state index in [1.807, 2.05) is 12.1 Å². The van der Waals surface area contributed by atoms with Crippen LogP contribution in [0.4, 0.5) is 5.69 Å². The van der Waals surface area contributed by atoms with Gasteiger partial charge in [-0.1, -0.05) is 6.92 Å². The molecule has 0 spiro atoms. The maximum Gasteiger partial charge on any atom is 0.140 e. The normalized spacial score (nSPS) is 21.1. The Balaban J connectivity index is 2.12. The van der Waals surface area contributed by atoms with Crippen molar-refractivity contribution in [3.05, 3.63) is 24.0 Å². The number of hydrogen-bond donors (Lipinski definition) is 0. The smallest absolute Gasteiger partial charge is 0.140 e. The average molecular weight is 201 g/mol. The molecule has 0 aromatic carbocycles. The van der Waals surface area contributed by atoms with Gasteiger partial charge in [0.1, 0.15) is 11.8 Å². The van der Waals surface area contributed by atoms with E-state index in [2.05, 4.69) is 16.8 Å². The molecule has 3 nitrogen and oxygen atoms in total. The van der Waals surface area contributed by atoms with E-state index >= 15 is 0 Å². The molecule has 1 fully saturated rings. The molecular weight excluding hydrogens is 186 g/mol. The van der Waals surface area contributed by atoms with Crippen molar-refractivity contribution in [2.24, 2.45) is 5.92 Å². The number of anilines is 1. The van der Waals surface area contributed by atoms with Crippen LogP contribution in [0.25, 0.3) is 0 Å². The van der Waals surface area contributed by atoms with Gasteiger partial charge < -0.3 is 4.90 Å². The maximum atomic E-state index is 8.65. The summed E-state index contributed by atoms with van der Waals surface area (Å²) in [5, 5.41) is 8.65. The molecule has 0 N–H and O–H groups in total. The predicted molar refractivity (Wildman–Crippen MR) is 59.6 cm³/mol. The molecule has 0 saturated carbocycles. The highest BCUT2D eigenvalue weighted by molar-refractivity contribution is 5.46. The van der Waals surface area contributed by atoms with E-state index in [4.69, 9.17) is 5.26 Å². The van der Waals surface area contributed by atoms with Crippen molar-refractivity contribution in [2.75, 3.05) is 18.0 Å². The quantitative estimate of drug-likeness (QED) is 0.699. The summed E-state index contributed by atoms with van der Waals surface area (Å²) in [5.41, 5.74) is 1.63. The minimum absolute atomic E-state index is 0.490. The molecule has 1 atom stereocenters. The van der Waals surface area contributed by atoms with Crippen molar-refractivity contribution >= 4 is 5.69 Å². The Morgan fingerprint density at radius 2 is 2.40 bits per heavy atom. The molecule has 2 rings (SSSR count). The third-order valence-electron chi connectivity index (χ3n) is 2.88. The summed E-state index contributed by atoms with van der Waals surface area (Å²) in [4.78, 5) is 6.44. The fourth-order valence-corrected chi connectivity index (χ4v) is 2.06. The molecule has 1 aliphatic rings. The Morgan fingerprint density at radius 3 is 3.00 bits per heavy atom. The van der Waals surface area contributed by atoms with Gasteiger partial charge in [-0.05, 0) is 30.9 Å². The molecular formula is C12H15N3. The SMILES string of the molecule is CC1CCCN(c2ccc(C#N)nc2)C1. The van der Waals surface area contributed by atoms with Crippen LogP contribution in [0, 0.1) is 17.2 Å². The number of piperidine rings is 1. The van der Waals surface area contributed by atoms with Crippen molar-refractivity contribution in [1.82, 2.24) is 4.98 Å². The highest BCUT2D eigenvalue weighted by atomic mass is 15.1. The maximum absolute atomic E-state index is 8.65. The van der Waals surface area contributed by atoms with Gasteiger partial charge in [0.2, 0.25) is 0 Å². The van der Waals surface area contributed by atoms with Crippen molar-refractivity contribution < 1.29 is 0 Å². The number of pyridine rings is 1. The Bertz CT molecular complexity index is 363. The van der Waals surface area contributed by atoms with Gasteiger partial charge in [0.05, 0.1) is 11.9 Å². The largest absolute Gasteiger partial charge is 0.370 e. The molecule has 0 radical (unpaired) electrons. The van der Waals surface area contributed by atoms with Crippen molar-refractivity contribution in [1.29, 1.82) is 5.26 Å². The molecule has 2 heterocycles. The van der Waals surface area contributed by atoms with E-state index in [1.54, 1.807) is 12.3 Å². The lowest BCUT2D eigenvalue weighted by Crippen LogP contribution is -2.34. The topological polar surface area (TPSA) is 39.9 Å². The summed E-state index contributed by atoms with van der Waals surface area (Å²) in [6, 6.07) is 5.81. The molecule has 1 aromatic heterocycles. The second-order valence-corrected chi connectivity index (χ2v) is 4.21. The van der Waals surface area contributed by atoms with Crippen molar-refractivity contribution in [3.8, 4) is 6.07 Å². The van der Waals surface area contributed by atoms with Crippen LogP contribution in [0.15, 0.2) is 18.3 Å². The first-order valence-corrected chi connectivity index (χ1v) is 5.40. The second-order valence-electron chi connectivity index (χ2n) is 4.21. The van der Waals surface area contributed by atoms with Crippen LogP contribution in [-0.4, -0.2) is 18.1 Å². The first-order valence-electron chi connectivity index (χ1n) is 5.40.